The van der Waals surface area contributed by atoms with Crippen LogP contribution < -0.4 is 5.32 Å². The number of hydrogen-bond donors (Lipinski definition) is 1. The van der Waals surface area contributed by atoms with E-state index in [0.717, 1.165) is 0 Å². The molecule has 1 N–H and O–H groups in total. The molecule has 0 radical (unpaired) electrons. The van der Waals surface area contributed by atoms with Crippen LogP contribution in [-0.4, -0.2) is 14.8 Å². The second kappa shape index (κ2) is 4.84. The van der Waals surface area contributed by atoms with Crippen LogP contribution in [0.4, 0.5) is 10.1 Å². The van der Waals surface area contributed by atoms with Crippen LogP contribution in [0.2, 0.25) is 0 Å². The highest BCUT2D eigenvalue weighted by Crippen LogP contribution is 2.20. The van der Waals surface area contributed by atoms with E-state index in [1.54, 1.807) is 23.0 Å². The average molecular weight is 245 g/mol. The summed E-state index contributed by atoms with van der Waals surface area (Å²) >= 11 is 0. The normalized spacial score (nSPS) is 11.9. The van der Waals surface area contributed by atoms with E-state index in [1.165, 1.54) is 6.07 Å². The molecule has 1 aromatic heterocycles. The zero-order chi connectivity index (χ0) is 13.1. The number of halogens is 1. The maximum atomic E-state index is 13.7. The summed E-state index contributed by atoms with van der Waals surface area (Å²) < 4.78 is 15.4. The molecule has 6 heteroatoms. The number of hydrogen-bond acceptors (Lipinski definition) is 4. The van der Waals surface area contributed by atoms with Crippen LogP contribution in [0, 0.1) is 17.1 Å². The third kappa shape index (κ3) is 2.30. The first-order valence-electron chi connectivity index (χ1n) is 5.42. The fourth-order valence-electron chi connectivity index (χ4n) is 1.68. The minimum Gasteiger partial charge on any atom is -0.373 e. The molecule has 0 fully saturated rings. The average Bonchev–Trinajstić information content (AvgIpc) is 2.78. The van der Waals surface area contributed by atoms with E-state index in [2.05, 4.69) is 15.5 Å². The molecule has 2 rings (SSSR count). The van der Waals surface area contributed by atoms with Crippen LogP contribution in [-0.2, 0) is 7.05 Å². The molecule has 0 saturated carbocycles. The number of aromatic nitrogens is 3. The van der Waals surface area contributed by atoms with Gasteiger partial charge in [-0.15, -0.1) is 10.2 Å². The van der Waals surface area contributed by atoms with E-state index >= 15 is 0 Å². The Bertz CT molecular complexity index is 599. The Kier molecular flexibility index (Phi) is 3.24. The summed E-state index contributed by atoms with van der Waals surface area (Å²) in [6, 6.07) is 6.02. The standard InChI is InChI=1S/C12H12FN5/c1-8(12-17-15-7-18(12)2)16-11-4-3-9(6-14)5-10(11)13/h3-5,7-8,16H,1-2H3. The fourth-order valence-corrected chi connectivity index (χ4v) is 1.68. The number of benzene rings is 1. The smallest absolute Gasteiger partial charge is 0.154 e. The summed E-state index contributed by atoms with van der Waals surface area (Å²) in [6.45, 7) is 1.86. The molecule has 0 aliphatic heterocycles. The van der Waals surface area contributed by atoms with E-state index in [0.29, 0.717) is 17.1 Å². The third-order valence-corrected chi connectivity index (χ3v) is 2.60. The number of nitriles is 1. The summed E-state index contributed by atoms with van der Waals surface area (Å²) in [5.41, 5.74) is 0.633. The van der Waals surface area contributed by atoms with Crippen LogP contribution in [0.1, 0.15) is 24.4 Å². The van der Waals surface area contributed by atoms with Gasteiger partial charge in [0.25, 0.3) is 0 Å². The topological polar surface area (TPSA) is 66.5 Å². The Hall–Kier alpha value is -2.42. The van der Waals surface area contributed by atoms with Crippen molar-refractivity contribution in [2.45, 2.75) is 13.0 Å². The Balaban J connectivity index is 2.20. The molecule has 1 heterocycles. The Morgan fingerprint density at radius 1 is 1.50 bits per heavy atom. The van der Waals surface area contributed by atoms with Gasteiger partial charge in [-0.05, 0) is 25.1 Å². The van der Waals surface area contributed by atoms with Crippen molar-refractivity contribution >= 4 is 5.69 Å². The molecular formula is C12H12FN5. The molecular weight excluding hydrogens is 233 g/mol. The summed E-state index contributed by atoms with van der Waals surface area (Å²) in [5.74, 6) is 0.252. The number of rotatable bonds is 3. The first kappa shape index (κ1) is 12.0. The SMILES string of the molecule is CC(Nc1ccc(C#N)cc1F)c1nncn1C. The van der Waals surface area contributed by atoms with Gasteiger partial charge in [0.1, 0.15) is 12.1 Å². The second-order valence-electron chi connectivity index (χ2n) is 3.97. The van der Waals surface area contributed by atoms with Crippen molar-refractivity contribution in [1.82, 2.24) is 14.8 Å². The van der Waals surface area contributed by atoms with Gasteiger partial charge in [0.05, 0.1) is 23.4 Å². The first-order valence-corrected chi connectivity index (χ1v) is 5.42. The highest BCUT2D eigenvalue weighted by molar-refractivity contribution is 5.49. The lowest BCUT2D eigenvalue weighted by atomic mass is 10.2. The van der Waals surface area contributed by atoms with Gasteiger partial charge in [0.2, 0.25) is 0 Å². The summed E-state index contributed by atoms with van der Waals surface area (Å²) in [5, 5.41) is 19.4. The van der Waals surface area contributed by atoms with E-state index in [9.17, 15) is 4.39 Å². The zero-order valence-electron chi connectivity index (χ0n) is 10.1. The number of aryl methyl sites for hydroxylation is 1. The molecule has 0 amide bonds. The van der Waals surface area contributed by atoms with Gasteiger partial charge in [-0.2, -0.15) is 5.26 Å². The van der Waals surface area contributed by atoms with Crippen LogP contribution in [0.25, 0.3) is 0 Å². The van der Waals surface area contributed by atoms with Crippen LogP contribution >= 0.6 is 0 Å². The van der Waals surface area contributed by atoms with Gasteiger partial charge >= 0.3 is 0 Å². The maximum absolute atomic E-state index is 13.7. The van der Waals surface area contributed by atoms with Gasteiger partial charge < -0.3 is 9.88 Å². The van der Waals surface area contributed by atoms with Crippen molar-refractivity contribution in [3.63, 3.8) is 0 Å². The van der Waals surface area contributed by atoms with Crippen LogP contribution in [0.5, 0.6) is 0 Å². The maximum Gasteiger partial charge on any atom is 0.154 e. The van der Waals surface area contributed by atoms with Crippen molar-refractivity contribution in [3.05, 3.63) is 41.7 Å². The molecule has 0 bridgehead atoms. The monoisotopic (exact) mass is 245 g/mol. The highest BCUT2D eigenvalue weighted by Gasteiger charge is 2.13. The van der Waals surface area contributed by atoms with E-state index < -0.39 is 5.82 Å². The molecule has 1 aromatic carbocycles. The quantitative estimate of drug-likeness (QED) is 0.898. The van der Waals surface area contributed by atoms with Crippen molar-refractivity contribution < 1.29 is 4.39 Å². The number of nitrogens with zero attached hydrogens (tertiary/aromatic N) is 4. The lowest BCUT2D eigenvalue weighted by Crippen LogP contribution is -2.12. The zero-order valence-corrected chi connectivity index (χ0v) is 10.1. The first-order chi connectivity index (χ1) is 8.61. The van der Waals surface area contributed by atoms with Crippen molar-refractivity contribution in [1.29, 1.82) is 5.26 Å². The summed E-state index contributed by atoms with van der Waals surface area (Å²) in [4.78, 5) is 0. The Morgan fingerprint density at radius 3 is 2.83 bits per heavy atom. The van der Waals surface area contributed by atoms with Crippen LogP contribution in [0.3, 0.4) is 0 Å². The van der Waals surface area contributed by atoms with Gasteiger partial charge in [-0.3, -0.25) is 0 Å². The van der Waals surface area contributed by atoms with E-state index in [-0.39, 0.29) is 6.04 Å². The second-order valence-corrected chi connectivity index (χ2v) is 3.97. The predicted octanol–water partition coefficient (Wildman–Crippen LogP) is 2.00. The van der Waals surface area contributed by atoms with E-state index in [4.69, 9.17) is 5.26 Å². The lowest BCUT2D eigenvalue weighted by molar-refractivity contribution is 0.623. The molecule has 0 saturated heterocycles. The summed E-state index contributed by atoms with van der Waals surface area (Å²) in [7, 11) is 1.82. The molecule has 18 heavy (non-hydrogen) atoms. The highest BCUT2D eigenvalue weighted by atomic mass is 19.1. The molecule has 0 aliphatic carbocycles. The van der Waals surface area contributed by atoms with Gasteiger partial charge in [-0.25, -0.2) is 4.39 Å². The van der Waals surface area contributed by atoms with E-state index in [1.807, 2.05) is 20.0 Å². The largest absolute Gasteiger partial charge is 0.373 e. The minimum atomic E-state index is -0.455. The van der Waals surface area contributed by atoms with Crippen LogP contribution in [0.15, 0.2) is 24.5 Å². The van der Waals surface area contributed by atoms with Crippen molar-refractivity contribution in [2.24, 2.45) is 7.05 Å². The Morgan fingerprint density at radius 2 is 2.28 bits per heavy atom. The molecule has 92 valence electrons. The third-order valence-electron chi connectivity index (χ3n) is 2.60. The lowest BCUT2D eigenvalue weighted by Gasteiger charge is -2.14. The van der Waals surface area contributed by atoms with Gasteiger partial charge in [0.15, 0.2) is 5.82 Å². The molecule has 1 unspecified atom stereocenters. The molecule has 0 spiro atoms. The fraction of sp³-hybridized carbons (Fsp3) is 0.250. The number of nitrogens with one attached hydrogen (secondary N) is 1. The molecule has 2 aromatic rings. The minimum absolute atomic E-state index is 0.181. The molecule has 5 nitrogen and oxygen atoms in total. The molecule has 1 atom stereocenters. The number of anilines is 1. The van der Waals surface area contributed by atoms with Crippen molar-refractivity contribution in [2.75, 3.05) is 5.32 Å². The Labute approximate surface area is 104 Å². The summed E-state index contributed by atoms with van der Waals surface area (Å²) in [6.07, 6.45) is 1.59. The molecule has 0 aliphatic rings. The van der Waals surface area contributed by atoms with Crippen molar-refractivity contribution in [3.8, 4) is 6.07 Å². The van der Waals surface area contributed by atoms with Gasteiger partial charge in [-0.1, -0.05) is 0 Å². The van der Waals surface area contributed by atoms with Gasteiger partial charge in [0, 0.05) is 7.05 Å². The predicted molar refractivity (Wildman–Crippen MR) is 64.2 cm³/mol.